The van der Waals surface area contributed by atoms with Crippen LogP contribution in [0.2, 0.25) is 0 Å². The zero-order valence-electron chi connectivity index (χ0n) is 9.28. The average Bonchev–Trinajstić information content (AvgIpc) is 2.42. The highest BCUT2D eigenvalue weighted by Gasteiger charge is 2.24. The molecule has 0 N–H and O–H groups in total. The SMILES string of the molecule is CCC1CCCN(S(=O)(=O)CCCl)CC1. The highest BCUT2D eigenvalue weighted by Crippen LogP contribution is 2.21. The van der Waals surface area contributed by atoms with E-state index in [1.54, 1.807) is 4.31 Å². The van der Waals surface area contributed by atoms with Crippen LogP contribution in [0.15, 0.2) is 0 Å². The van der Waals surface area contributed by atoms with Gasteiger partial charge in [-0.25, -0.2) is 12.7 Å². The van der Waals surface area contributed by atoms with Crippen LogP contribution >= 0.6 is 11.6 Å². The molecular weight excluding hydrogens is 234 g/mol. The normalized spacial score (nSPS) is 25.1. The average molecular weight is 254 g/mol. The molecule has 0 saturated carbocycles. The van der Waals surface area contributed by atoms with Gasteiger partial charge < -0.3 is 0 Å². The standard InChI is InChI=1S/C10H20ClNO2S/c1-2-10-4-3-7-12(8-5-10)15(13,14)9-6-11/h10H,2-9H2,1H3. The smallest absolute Gasteiger partial charge is 0.212 e. The van der Waals surface area contributed by atoms with E-state index in [4.69, 9.17) is 11.6 Å². The Hall–Kier alpha value is 0.200. The molecule has 1 fully saturated rings. The molecule has 1 unspecified atom stereocenters. The molecule has 90 valence electrons. The number of hydrogen-bond donors (Lipinski definition) is 0. The molecule has 3 nitrogen and oxygen atoms in total. The highest BCUT2D eigenvalue weighted by atomic mass is 35.5. The Morgan fingerprint density at radius 1 is 1.33 bits per heavy atom. The fraction of sp³-hybridized carbons (Fsp3) is 1.00. The van der Waals surface area contributed by atoms with E-state index in [9.17, 15) is 8.42 Å². The monoisotopic (exact) mass is 253 g/mol. The lowest BCUT2D eigenvalue weighted by Gasteiger charge is -2.19. The van der Waals surface area contributed by atoms with Crippen LogP contribution in [0, 0.1) is 5.92 Å². The van der Waals surface area contributed by atoms with Crippen LogP contribution in [0.3, 0.4) is 0 Å². The summed E-state index contributed by atoms with van der Waals surface area (Å²) in [5.74, 6) is 0.961. The Morgan fingerprint density at radius 2 is 2.07 bits per heavy atom. The predicted molar refractivity (Wildman–Crippen MR) is 63.7 cm³/mol. The van der Waals surface area contributed by atoms with Crippen LogP contribution < -0.4 is 0 Å². The van der Waals surface area contributed by atoms with Gasteiger partial charge in [0.25, 0.3) is 0 Å². The van der Waals surface area contributed by atoms with Crippen LogP contribution in [0.1, 0.15) is 32.6 Å². The number of alkyl halides is 1. The minimum Gasteiger partial charge on any atom is -0.212 e. The molecule has 1 heterocycles. The summed E-state index contributed by atoms with van der Waals surface area (Å²) in [4.78, 5) is 0. The summed E-state index contributed by atoms with van der Waals surface area (Å²) in [5, 5.41) is 0. The molecule has 0 aromatic heterocycles. The van der Waals surface area contributed by atoms with E-state index in [1.165, 1.54) is 0 Å². The molecule has 0 radical (unpaired) electrons. The Balaban J connectivity index is 2.57. The maximum atomic E-state index is 11.8. The first kappa shape index (κ1) is 13.3. The van der Waals surface area contributed by atoms with E-state index >= 15 is 0 Å². The van der Waals surface area contributed by atoms with Gasteiger partial charge in [-0.15, -0.1) is 11.6 Å². The maximum Gasteiger partial charge on any atom is 0.215 e. The van der Waals surface area contributed by atoms with E-state index in [-0.39, 0.29) is 11.6 Å². The van der Waals surface area contributed by atoms with Crippen molar-refractivity contribution in [3.63, 3.8) is 0 Å². The number of rotatable bonds is 4. The van der Waals surface area contributed by atoms with Gasteiger partial charge in [0, 0.05) is 19.0 Å². The fourth-order valence-electron chi connectivity index (χ4n) is 2.05. The quantitative estimate of drug-likeness (QED) is 0.720. The summed E-state index contributed by atoms with van der Waals surface area (Å²) in [5.41, 5.74) is 0. The van der Waals surface area contributed by atoms with Crippen molar-refractivity contribution in [2.75, 3.05) is 24.7 Å². The molecule has 0 aromatic carbocycles. The lowest BCUT2D eigenvalue weighted by Crippen LogP contribution is -2.34. The molecule has 1 atom stereocenters. The second-order valence-electron chi connectivity index (χ2n) is 4.11. The Labute approximate surface area is 97.8 Å². The molecule has 5 heteroatoms. The summed E-state index contributed by atoms with van der Waals surface area (Å²) >= 11 is 5.50. The predicted octanol–water partition coefficient (Wildman–Crippen LogP) is 2.07. The van der Waals surface area contributed by atoms with Gasteiger partial charge in [0.2, 0.25) is 10.0 Å². The Kier molecular flexibility index (Phi) is 5.36. The zero-order valence-corrected chi connectivity index (χ0v) is 10.9. The van der Waals surface area contributed by atoms with Gasteiger partial charge in [-0.1, -0.05) is 13.3 Å². The lowest BCUT2D eigenvalue weighted by molar-refractivity contribution is 0.408. The second kappa shape index (κ2) is 6.06. The molecule has 1 aliphatic rings. The van der Waals surface area contributed by atoms with Crippen LogP contribution in [0.25, 0.3) is 0 Å². The first-order valence-electron chi connectivity index (χ1n) is 5.64. The third-order valence-corrected chi connectivity index (χ3v) is 5.40. The summed E-state index contributed by atoms with van der Waals surface area (Å²) in [6.07, 6.45) is 4.30. The molecule has 1 saturated heterocycles. The summed E-state index contributed by atoms with van der Waals surface area (Å²) < 4.78 is 25.2. The van der Waals surface area contributed by atoms with E-state index in [0.717, 1.165) is 25.7 Å². The van der Waals surface area contributed by atoms with Crippen molar-refractivity contribution in [2.45, 2.75) is 32.6 Å². The number of nitrogens with zero attached hydrogens (tertiary/aromatic N) is 1. The van der Waals surface area contributed by atoms with Crippen molar-refractivity contribution >= 4 is 21.6 Å². The molecule has 0 aliphatic carbocycles. The van der Waals surface area contributed by atoms with E-state index in [1.807, 2.05) is 0 Å². The maximum absolute atomic E-state index is 11.8. The summed E-state index contributed by atoms with van der Waals surface area (Å²) in [6, 6.07) is 0. The van der Waals surface area contributed by atoms with Gasteiger partial charge in [-0.3, -0.25) is 0 Å². The van der Waals surface area contributed by atoms with Gasteiger partial charge in [-0.2, -0.15) is 0 Å². The molecule has 15 heavy (non-hydrogen) atoms. The summed E-state index contributed by atoms with van der Waals surface area (Å²) in [7, 11) is -3.09. The largest absolute Gasteiger partial charge is 0.215 e. The van der Waals surface area contributed by atoms with Crippen LogP contribution in [-0.2, 0) is 10.0 Å². The second-order valence-corrected chi connectivity index (χ2v) is 6.58. The lowest BCUT2D eigenvalue weighted by atomic mass is 9.98. The highest BCUT2D eigenvalue weighted by molar-refractivity contribution is 7.89. The van der Waals surface area contributed by atoms with Crippen molar-refractivity contribution in [3.8, 4) is 0 Å². The topological polar surface area (TPSA) is 37.4 Å². The van der Waals surface area contributed by atoms with Gasteiger partial charge in [0.15, 0.2) is 0 Å². The number of sulfonamides is 1. The zero-order chi connectivity index (χ0) is 11.3. The number of halogens is 1. The Morgan fingerprint density at radius 3 is 2.67 bits per heavy atom. The molecule has 0 amide bonds. The molecule has 0 bridgehead atoms. The van der Waals surface area contributed by atoms with Crippen molar-refractivity contribution in [1.29, 1.82) is 0 Å². The van der Waals surface area contributed by atoms with Gasteiger partial charge in [-0.05, 0) is 25.2 Å². The van der Waals surface area contributed by atoms with Crippen molar-refractivity contribution in [3.05, 3.63) is 0 Å². The van der Waals surface area contributed by atoms with E-state index < -0.39 is 10.0 Å². The Bertz CT molecular complexity index is 279. The molecule has 0 spiro atoms. The minimum atomic E-state index is -3.09. The first-order chi connectivity index (χ1) is 7.10. The summed E-state index contributed by atoms with van der Waals surface area (Å²) in [6.45, 7) is 3.53. The van der Waals surface area contributed by atoms with E-state index in [0.29, 0.717) is 19.0 Å². The van der Waals surface area contributed by atoms with Crippen LogP contribution in [0.5, 0.6) is 0 Å². The van der Waals surface area contributed by atoms with E-state index in [2.05, 4.69) is 6.92 Å². The molecular formula is C10H20ClNO2S. The van der Waals surface area contributed by atoms with Crippen LogP contribution in [-0.4, -0.2) is 37.4 Å². The van der Waals surface area contributed by atoms with Crippen LogP contribution in [0.4, 0.5) is 0 Å². The van der Waals surface area contributed by atoms with Gasteiger partial charge in [0.05, 0.1) is 5.75 Å². The third kappa shape index (κ3) is 3.93. The van der Waals surface area contributed by atoms with Crippen molar-refractivity contribution in [2.24, 2.45) is 5.92 Å². The van der Waals surface area contributed by atoms with Gasteiger partial charge >= 0.3 is 0 Å². The van der Waals surface area contributed by atoms with Crippen molar-refractivity contribution in [1.82, 2.24) is 4.31 Å². The molecule has 0 aromatic rings. The molecule has 1 aliphatic heterocycles. The minimum absolute atomic E-state index is 0.0747. The first-order valence-corrected chi connectivity index (χ1v) is 7.78. The number of hydrogen-bond acceptors (Lipinski definition) is 2. The van der Waals surface area contributed by atoms with Crippen molar-refractivity contribution < 1.29 is 8.42 Å². The molecule has 1 rings (SSSR count). The van der Waals surface area contributed by atoms with Gasteiger partial charge in [0.1, 0.15) is 0 Å². The third-order valence-electron chi connectivity index (χ3n) is 3.11. The fourth-order valence-corrected chi connectivity index (χ4v) is 3.88.